The highest BCUT2D eigenvalue weighted by Gasteiger charge is 2.20. The van der Waals surface area contributed by atoms with Crippen LogP contribution in [0.25, 0.3) is 5.69 Å². The van der Waals surface area contributed by atoms with Gasteiger partial charge in [0.25, 0.3) is 0 Å². The van der Waals surface area contributed by atoms with Gasteiger partial charge in [0.2, 0.25) is 11.8 Å². The lowest BCUT2D eigenvalue weighted by atomic mass is 10.1. The second-order valence-corrected chi connectivity index (χ2v) is 7.62. The molecule has 3 aromatic rings. The molecular weight excluding hydrogens is 378 g/mol. The molecule has 3 rings (SSSR count). The van der Waals surface area contributed by atoms with E-state index in [-0.39, 0.29) is 11.9 Å². The van der Waals surface area contributed by atoms with Crippen LogP contribution in [-0.2, 0) is 11.2 Å². The molecule has 0 aliphatic carbocycles. The summed E-state index contributed by atoms with van der Waals surface area (Å²) < 4.78 is 13.3. The zero-order valence-corrected chi connectivity index (χ0v) is 18.2. The Morgan fingerprint density at radius 1 is 1.03 bits per heavy atom. The van der Waals surface area contributed by atoms with Gasteiger partial charge in [-0.1, -0.05) is 17.7 Å². The molecule has 0 saturated carbocycles. The van der Waals surface area contributed by atoms with E-state index in [1.807, 2.05) is 76.2 Å². The lowest BCUT2D eigenvalue weighted by Gasteiger charge is -2.12. The average Bonchev–Trinajstić information content (AvgIpc) is 3.03. The summed E-state index contributed by atoms with van der Waals surface area (Å²) >= 11 is 0. The van der Waals surface area contributed by atoms with E-state index in [0.29, 0.717) is 18.7 Å². The Balaban J connectivity index is 1.96. The summed E-state index contributed by atoms with van der Waals surface area (Å²) in [5.41, 5.74) is 3.78. The van der Waals surface area contributed by atoms with Gasteiger partial charge in [-0.05, 0) is 70.5 Å². The van der Waals surface area contributed by atoms with Gasteiger partial charge in [-0.15, -0.1) is 0 Å². The lowest BCUT2D eigenvalue weighted by Crippen LogP contribution is -2.30. The summed E-state index contributed by atoms with van der Waals surface area (Å²) in [5.74, 6) is 2.14. The Morgan fingerprint density at radius 2 is 1.67 bits per heavy atom. The Hall–Kier alpha value is -3.28. The highest BCUT2D eigenvalue weighted by atomic mass is 16.5. The minimum atomic E-state index is 0.0166. The van der Waals surface area contributed by atoms with Crippen LogP contribution in [0.5, 0.6) is 17.4 Å². The fourth-order valence-electron chi connectivity index (χ4n) is 3.18. The van der Waals surface area contributed by atoms with Crippen LogP contribution in [0.15, 0.2) is 48.5 Å². The van der Waals surface area contributed by atoms with Gasteiger partial charge in [-0.3, -0.25) is 4.79 Å². The van der Waals surface area contributed by atoms with Crippen LogP contribution in [0.3, 0.4) is 0 Å². The maximum atomic E-state index is 12.2. The van der Waals surface area contributed by atoms with Crippen LogP contribution >= 0.6 is 0 Å². The van der Waals surface area contributed by atoms with Crippen molar-refractivity contribution in [3.05, 3.63) is 65.4 Å². The normalized spacial score (nSPS) is 10.9. The third-order valence-electron chi connectivity index (χ3n) is 4.74. The van der Waals surface area contributed by atoms with E-state index in [0.717, 1.165) is 34.0 Å². The first-order chi connectivity index (χ1) is 14.4. The van der Waals surface area contributed by atoms with Crippen LogP contribution in [0.2, 0.25) is 0 Å². The molecule has 0 bridgehead atoms. The van der Waals surface area contributed by atoms with Crippen LogP contribution < -0.4 is 14.8 Å². The number of carbonyl (C=O) groups is 1. The van der Waals surface area contributed by atoms with E-state index >= 15 is 0 Å². The first-order valence-electron chi connectivity index (χ1n) is 10.1. The van der Waals surface area contributed by atoms with Gasteiger partial charge >= 0.3 is 0 Å². The van der Waals surface area contributed by atoms with E-state index in [2.05, 4.69) is 5.32 Å². The number of rotatable bonds is 8. The first kappa shape index (κ1) is 21.4. The van der Waals surface area contributed by atoms with E-state index in [9.17, 15) is 4.79 Å². The quantitative estimate of drug-likeness (QED) is 0.585. The molecule has 1 N–H and O–H groups in total. The van der Waals surface area contributed by atoms with E-state index in [1.54, 1.807) is 11.8 Å². The number of nitrogens with one attached hydrogen (secondary N) is 1. The fourth-order valence-corrected chi connectivity index (χ4v) is 3.18. The molecule has 0 radical (unpaired) electrons. The minimum Gasteiger partial charge on any atom is -0.497 e. The smallest absolute Gasteiger partial charge is 0.226 e. The van der Waals surface area contributed by atoms with Crippen molar-refractivity contribution in [2.45, 2.75) is 46.6 Å². The second kappa shape index (κ2) is 9.48. The van der Waals surface area contributed by atoms with Gasteiger partial charge in [-0.2, -0.15) is 5.10 Å². The largest absolute Gasteiger partial charge is 0.497 e. The Labute approximate surface area is 177 Å². The maximum absolute atomic E-state index is 12.2. The molecule has 6 nitrogen and oxygen atoms in total. The number of amides is 1. The van der Waals surface area contributed by atoms with Crippen molar-refractivity contribution in [1.82, 2.24) is 15.1 Å². The number of benzene rings is 2. The van der Waals surface area contributed by atoms with Gasteiger partial charge in [0.1, 0.15) is 11.5 Å². The summed E-state index contributed by atoms with van der Waals surface area (Å²) in [6.45, 7) is 7.89. The molecule has 0 fully saturated rings. The zero-order valence-electron chi connectivity index (χ0n) is 18.2. The molecule has 0 unspecified atom stereocenters. The molecule has 1 heterocycles. The SMILES string of the molecule is COc1ccc(-n2nc(C)c(CCC(=O)NC(C)C)c2Oc2ccc(C)cc2)cc1. The predicted molar refractivity (Wildman–Crippen MR) is 118 cm³/mol. The van der Waals surface area contributed by atoms with E-state index in [4.69, 9.17) is 14.6 Å². The number of nitrogens with zero attached hydrogens (tertiary/aromatic N) is 2. The molecule has 2 aromatic carbocycles. The second-order valence-electron chi connectivity index (χ2n) is 7.62. The molecule has 1 aromatic heterocycles. The monoisotopic (exact) mass is 407 g/mol. The van der Waals surface area contributed by atoms with Crippen molar-refractivity contribution in [2.75, 3.05) is 7.11 Å². The standard InChI is InChI=1S/C24H29N3O3/c1-16(2)25-23(28)15-14-22-18(4)26-27(19-8-12-20(29-5)13-9-19)24(22)30-21-10-6-17(3)7-11-21/h6-13,16H,14-15H2,1-5H3,(H,25,28). The molecule has 158 valence electrons. The van der Waals surface area contributed by atoms with Crippen LogP contribution in [-0.4, -0.2) is 28.8 Å². The summed E-state index contributed by atoms with van der Waals surface area (Å²) in [6, 6.07) is 15.6. The van der Waals surface area contributed by atoms with Gasteiger partial charge in [0, 0.05) is 18.0 Å². The minimum absolute atomic E-state index is 0.0166. The zero-order chi connectivity index (χ0) is 21.7. The number of hydrogen-bond acceptors (Lipinski definition) is 4. The Bertz CT molecular complexity index is 990. The number of hydrogen-bond donors (Lipinski definition) is 1. The maximum Gasteiger partial charge on any atom is 0.226 e. The van der Waals surface area contributed by atoms with Crippen LogP contribution in [0, 0.1) is 13.8 Å². The van der Waals surface area contributed by atoms with Crippen LogP contribution in [0.1, 0.15) is 37.1 Å². The fraction of sp³-hybridized carbons (Fsp3) is 0.333. The third-order valence-corrected chi connectivity index (χ3v) is 4.74. The molecule has 0 aliphatic rings. The molecule has 0 spiro atoms. The number of aryl methyl sites for hydroxylation is 2. The highest BCUT2D eigenvalue weighted by Crippen LogP contribution is 2.32. The molecular formula is C24H29N3O3. The van der Waals surface area contributed by atoms with Crippen molar-refractivity contribution < 1.29 is 14.3 Å². The van der Waals surface area contributed by atoms with Crippen molar-refractivity contribution in [2.24, 2.45) is 0 Å². The lowest BCUT2D eigenvalue weighted by molar-refractivity contribution is -0.121. The van der Waals surface area contributed by atoms with Gasteiger partial charge in [0.05, 0.1) is 18.5 Å². The first-order valence-corrected chi connectivity index (χ1v) is 10.1. The summed E-state index contributed by atoms with van der Waals surface area (Å²) in [7, 11) is 1.64. The van der Waals surface area contributed by atoms with Crippen LogP contribution in [0.4, 0.5) is 0 Å². The number of methoxy groups -OCH3 is 1. The molecule has 0 saturated heterocycles. The molecule has 0 aliphatic heterocycles. The molecule has 0 atom stereocenters. The summed E-state index contributed by atoms with van der Waals surface area (Å²) in [5, 5.41) is 7.65. The van der Waals surface area contributed by atoms with Crippen molar-refractivity contribution >= 4 is 5.91 Å². The van der Waals surface area contributed by atoms with Gasteiger partial charge < -0.3 is 14.8 Å². The van der Waals surface area contributed by atoms with Crippen molar-refractivity contribution in [1.29, 1.82) is 0 Å². The van der Waals surface area contributed by atoms with E-state index < -0.39 is 0 Å². The Kier molecular flexibility index (Phi) is 6.77. The average molecular weight is 408 g/mol. The topological polar surface area (TPSA) is 65.4 Å². The molecule has 30 heavy (non-hydrogen) atoms. The Morgan fingerprint density at radius 3 is 2.27 bits per heavy atom. The van der Waals surface area contributed by atoms with Crippen molar-refractivity contribution in [3.63, 3.8) is 0 Å². The summed E-state index contributed by atoms with van der Waals surface area (Å²) in [6.07, 6.45) is 0.916. The van der Waals surface area contributed by atoms with Gasteiger partial charge in [0.15, 0.2) is 0 Å². The van der Waals surface area contributed by atoms with E-state index in [1.165, 1.54) is 0 Å². The number of carbonyl (C=O) groups excluding carboxylic acids is 1. The highest BCUT2D eigenvalue weighted by molar-refractivity contribution is 5.76. The number of aromatic nitrogens is 2. The predicted octanol–water partition coefficient (Wildman–Crippen LogP) is 4.75. The number of ether oxygens (including phenoxy) is 2. The van der Waals surface area contributed by atoms with Crippen molar-refractivity contribution in [3.8, 4) is 23.1 Å². The molecule has 1 amide bonds. The molecule has 6 heteroatoms. The summed E-state index contributed by atoms with van der Waals surface area (Å²) in [4.78, 5) is 12.2. The van der Waals surface area contributed by atoms with Gasteiger partial charge in [-0.25, -0.2) is 4.68 Å². The third kappa shape index (κ3) is 5.20.